The summed E-state index contributed by atoms with van der Waals surface area (Å²) in [5, 5.41) is -0.428. The molecule has 0 aliphatic carbocycles. The third-order valence-corrected chi connectivity index (χ3v) is 6.79. The van der Waals surface area contributed by atoms with Gasteiger partial charge in [0.25, 0.3) is 0 Å². The molecule has 5 nitrogen and oxygen atoms in total. The predicted molar refractivity (Wildman–Crippen MR) is 112 cm³/mol. The molecule has 2 aromatic carbocycles. The van der Waals surface area contributed by atoms with Gasteiger partial charge in [-0.15, -0.1) is 11.6 Å². The molecule has 146 valence electrons. The minimum atomic E-state index is -3.46. The molecule has 1 heterocycles. The first-order valence-electron chi connectivity index (χ1n) is 9.01. The fourth-order valence-corrected chi connectivity index (χ4v) is 4.20. The first kappa shape index (κ1) is 20.1. The standard InChI is InChI=1S/C20H26ClN3O2S/c1-23(2)19-9-7-17(8-10-19)20(13-22-27(25,26)15-21)24-12-11-16-5-3-4-6-18(16)14-24/h3-10,20,22H,11-15H2,1-2H3/t20-/m0/s1. The highest BCUT2D eigenvalue weighted by Gasteiger charge is 2.26. The van der Waals surface area contributed by atoms with E-state index in [2.05, 4.69) is 58.2 Å². The molecule has 0 amide bonds. The maximum Gasteiger partial charge on any atom is 0.225 e. The van der Waals surface area contributed by atoms with Gasteiger partial charge in [0.1, 0.15) is 5.21 Å². The van der Waals surface area contributed by atoms with Crippen molar-refractivity contribution < 1.29 is 8.42 Å². The molecular weight excluding hydrogens is 382 g/mol. The number of halogens is 1. The SMILES string of the molecule is CN(C)c1ccc([C@H](CNS(=O)(=O)CCl)N2CCc3ccccc3C2)cc1. The van der Waals surface area contributed by atoms with Crippen molar-refractivity contribution in [1.82, 2.24) is 9.62 Å². The Balaban J connectivity index is 1.85. The number of nitrogens with zero attached hydrogens (tertiary/aromatic N) is 2. The Labute approximate surface area is 167 Å². The fraction of sp³-hybridized carbons (Fsp3) is 0.400. The largest absolute Gasteiger partial charge is 0.378 e. The summed E-state index contributed by atoms with van der Waals surface area (Å²) in [6.07, 6.45) is 0.963. The molecule has 0 bridgehead atoms. The third kappa shape index (κ3) is 5.02. The molecule has 1 aliphatic rings. The Morgan fingerprint density at radius 3 is 2.41 bits per heavy atom. The van der Waals surface area contributed by atoms with Crippen molar-refractivity contribution in [3.05, 3.63) is 65.2 Å². The number of sulfonamides is 1. The van der Waals surface area contributed by atoms with Gasteiger partial charge in [-0.25, -0.2) is 13.1 Å². The van der Waals surface area contributed by atoms with E-state index in [1.807, 2.05) is 19.0 Å². The van der Waals surface area contributed by atoms with Crippen LogP contribution in [0.2, 0.25) is 0 Å². The van der Waals surface area contributed by atoms with E-state index in [1.165, 1.54) is 11.1 Å². The normalized spacial score (nSPS) is 16.0. The second-order valence-electron chi connectivity index (χ2n) is 7.06. The summed E-state index contributed by atoms with van der Waals surface area (Å²) in [6.45, 7) is 2.00. The maximum absolute atomic E-state index is 11.9. The van der Waals surface area contributed by atoms with Crippen LogP contribution in [0.15, 0.2) is 48.5 Å². The zero-order valence-corrected chi connectivity index (χ0v) is 17.3. The number of hydrogen-bond donors (Lipinski definition) is 1. The molecule has 1 atom stereocenters. The van der Waals surface area contributed by atoms with Gasteiger partial charge in [0, 0.05) is 45.5 Å². The van der Waals surface area contributed by atoms with E-state index in [1.54, 1.807) is 0 Å². The first-order chi connectivity index (χ1) is 12.9. The zero-order chi connectivity index (χ0) is 19.4. The average molecular weight is 408 g/mol. The molecule has 0 aromatic heterocycles. The van der Waals surface area contributed by atoms with E-state index in [0.29, 0.717) is 6.54 Å². The predicted octanol–water partition coefficient (Wildman–Crippen LogP) is 2.97. The Kier molecular flexibility index (Phi) is 6.42. The van der Waals surface area contributed by atoms with Crippen LogP contribution in [-0.2, 0) is 23.0 Å². The zero-order valence-electron chi connectivity index (χ0n) is 15.7. The lowest BCUT2D eigenvalue weighted by Crippen LogP contribution is -2.40. The van der Waals surface area contributed by atoms with E-state index in [4.69, 9.17) is 11.6 Å². The van der Waals surface area contributed by atoms with Crippen molar-refractivity contribution in [1.29, 1.82) is 0 Å². The van der Waals surface area contributed by atoms with Gasteiger partial charge in [0.05, 0.1) is 0 Å². The topological polar surface area (TPSA) is 52.7 Å². The molecule has 1 N–H and O–H groups in total. The van der Waals surface area contributed by atoms with Crippen LogP contribution >= 0.6 is 11.6 Å². The molecular formula is C20H26ClN3O2S. The summed E-state index contributed by atoms with van der Waals surface area (Å²) < 4.78 is 26.4. The Hall–Kier alpha value is -1.60. The van der Waals surface area contributed by atoms with Crippen molar-refractivity contribution in [2.45, 2.75) is 19.0 Å². The molecule has 3 rings (SSSR count). The van der Waals surface area contributed by atoms with Crippen LogP contribution in [-0.4, -0.2) is 45.7 Å². The molecule has 0 saturated heterocycles. The Morgan fingerprint density at radius 1 is 1.11 bits per heavy atom. The van der Waals surface area contributed by atoms with Gasteiger partial charge in [0.15, 0.2) is 0 Å². The molecule has 0 radical (unpaired) electrons. The van der Waals surface area contributed by atoms with Crippen molar-refractivity contribution in [2.75, 3.05) is 37.3 Å². The van der Waals surface area contributed by atoms with Crippen LogP contribution in [0.25, 0.3) is 0 Å². The molecule has 0 spiro atoms. The number of benzene rings is 2. The minimum Gasteiger partial charge on any atom is -0.378 e. The van der Waals surface area contributed by atoms with Gasteiger partial charge < -0.3 is 4.90 Å². The van der Waals surface area contributed by atoms with Crippen molar-refractivity contribution >= 4 is 27.3 Å². The maximum atomic E-state index is 11.9. The van der Waals surface area contributed by atoms with Crippen LogP contribution in [0.4, 0.5) is 5.69 Å². The summed E-state index contributed by atoms with van der Waals surface area (Å²) in [4.78, 5) is 4.38. The van der Waals surface area contributed by atoms with Crippen LogP contribution in [0, 0.1) is 0 Å². The lowest BCUT2D eigenvalue weighted by molar-refractivity contribution is 0.180. The van der Waals surface area contributed by atoms with Crippen LogP contribution in [0.5, 0.6) is 0 Å². The van der Waals surface area contributed by atoms with Gasteiger partial charge in [-0.3, -0.25) is 4.90 Å². The van der Waals surface area contributed by atoms with Crippen molar-refractivity contribution in [3.63, 3.8) is 0 Å². The molecule has 0 saturated carbocycles. The molecule has 7 heteroatoms. The van der Waals surface area contributed by atoms with E-state index in [0.717, 1.165) is 30.8 Å². The van der Waals surface area contributed by atoms with Gasteiger partial charge in [-0.1, -0.05) is 36.4 Å². The minimum absolute atomic E-state index is 0.0486. The summed E-state index contributed by atoms with van der Waals surface area (Å²) in [6, 6.07) is 16.7. The monoisotopic (exact) mass is 407 g/mol. The molecule has 2 aromatic rings. The third-order valence-electron chi connectivity index (χ3n) is 5.04. The quantitative estimate of drug-likeness (QED) is 0.717. The summed E-state index contributed by atoms with van der Waals surface area (Å²) >= 11 is 5.56. The molecule has 0 fully saturated rings. The lowest BCUT2D eigenvalue weighted by Gasteiger charge is -2.36. The van der Waals surface area contributed by atoms with Crippen LogP contribution in [0.3, 0.4) is 0 Å². The number of rotatable bonds is 7. The average Bonchev–Trinajstić information content (AvgIpc) is 2.68. The number of alkyl halides is 1. The van der Waals surface area contributed by atoms with E-state index in [-0.39, 0.29) is 6.04 Å². The molecule has 27 heavy (non-hydrogen) atoms. The lowest BCUT2D eigenvalue weighted by atomic mass is 9.96. The van der Waals surface area contributed by atoms with Crippen molar-refractivity contribution in [2.24, 2.45) is 0 Å². The second-order valence-corrected chi connectivity index (χ2v) is 9.45. The summed E-state index contributed by atoms with van der Waals surface area (Å²) in [5.74, 6) is 0. The van der Waals surface area contributed by atoms with Gasteiger partial charge in [0.2, 0.25) is 10.0 Å². The number of anilines is 1. The van der Waals surface area contributed by atoms with E-state index >= 15 is 0 Å². The Bertz CT molecular complexity index is 869. The molecule has 0 unspecified atom stereocenters. The number of nitrogens with one attached hydrogen (secondary N) is 1. The Morgan fingerprint density at radius 2 is 1.78 bits per heavy atom. The van der Waals surface area contributed by atoms with Gasteiger partial charge in [-0.2, -0.15) is 0 Å². The van der Waals surface area contributed by atoms with Crippen molar-refractivity contribution in [3.8, 4) is 0 Å². The fourth-order valence-electron chi connectivity index (χ4n) is 3.48. The number of hydrogen-bond acceptors (Lipinski definition) is 4. The molecule has 1 aliphatic heterocycles. The van der Waals surface area contributed by atoms with Crippen LogP contribution < -0.4 is 9.62 Å². The first-order valence-corrected chi connectivity index (χ1v) is 11.2. The highest BCUT2D eigenvalue weighted by molar-refractivity contribution is 7.90. The summed E-state index contributed by atoms with van der Waals surface area (Å²) in [7, 11) is 0.542. The highest BCUT2D eigenvalue weighted by Crippen LogP contribution is 2.29. The van der Waals surface area contributed by atoms with Gasteiger partial charge in [-0.05, 0) is 35.2 Å². The summed E-state index contributed by atoms with van der Waals surface area (Å²) in [5.41, 5.74) is 4.88. The number of fused-ring (bicyclic) bond motifs is 1. The van der Waals surface area contributed by atoms with Crippen LogP contribution in [0.1, 0.15) is 22.7 Å². The highest BCUT2D eigenvalue weighted by atomic mass is 35.5. The van der Waals surface area contributed by atoms with E-state index in [9.17, 15) is 8.42 Å². The second kappa shape index (κ2) is 8.61. The van der Waals surface area contributed by atoms with Gasteiger partial charge >= 0.3 is 0 Å². The smallest absolute Gasteiger partial charge is 0.225 e. The van der Waals surface area contributed by atoms with E-state index < -0.39 is 15.2 Å².